The topological polar surface area (TPSA) is 26.3 Å². The first-order chi connectivity index (χ1) is 8.10. The zero-order valence-corrected chi connectivity index (χ0v) is 12.2. The highest BCUT2D eigenvalue weighted by Crippen LogP contribution is 2.32. The van der Waals surface area contributed by atoms with E-state index in [4.69, 9.17) is 4.74 Å². The van der Waals surface area contributed by atoms with E-state index in [1.54, 1.807) is 0 Å². The molecule has 0 amide bonds. The van der Waals surface area contributed by atoms with Crippen molar-refractivity contribution in [2.75, 3.05) is 6.61 Å². The summed E-state index contributed by atoms with van der Waals surface area (Å²) in [7, 11) is 0. The number of carbonyl (C=O) groups excluding carboxylic acids is 1. The summed E-state index contributed by atoms with van der Waals surface area (Å²) >= 11 is 0. The van der Waals surface area contributed by atoms with E-state index in [1.165, 1.54) is 19.3 Å². The Labute approximate surface area is 107 Å². The van der Waals surface area contributed by atoms with Gasteiger partial charge < -0.3 is 4.74 Å². The number of ether oxygens (including phenoxy) is 1. The molecule has 0 aliphatic heterocycles. The second-order valence-electron chi connectivity index (χ2n) is 5.20. The number of rotatable bonds is 10. The molecule has 0 aliphatic carbocycles. The first kappa shape index (κ1) is 16.5. The average molecular weight is 242 g/mol. The molecule has 0 aromatic rings. The second-order valence-corrected chi connectivity index (χ2v) is 5.20. The largest absolute Gasteiger partial charge is 0.466 e. The van der Waals surface area contributed by atoms with Gasteiger partial charge in [0.2, 0.25) is 0 Å². The molecule has 0 aliphatic rings. The highest BCUT2D eigenvalue weighted by atomic mass is 16.5. The lowest BCUT2D eigenvalue weighted by Gasteiger charge is -2.27. The third kappa shape index (κ3) is 6.70. The molecule has 0 heterocycles. The van der Waals surface area contributed by atoms with Crippen molar-refractivity contribution in [3.63, 3.8) is 0 Å². The van der Waals surface area contributed by atoms with Crippen LogP contribution in [0.15, 0.2) is 0 Å². The Morgan fingerprint density at radius 2 is 1.53 bits per heavy atom. The van der Waals surface area contributed by atoms with Crippen LogP contribution in [-0.2, 0) is 9.53 Å². The molecule has 0 aromatic carbocycles. The first-order valence-corrected chi connectivity index (χ1v) is 7.28. The SMILES string of the molecule is CCCCCCC(C)(CCCC)C(=O)OCC. The Morgan fingerprint density at radius 3 is 2.06 bits per heavy atom. The molecule has 0 bridgehead atoms. The van der Waals surface area contributed by atoms with E-state index in [-0.39, 0.29) is 11.4 Å². The summed E-state index contributed by atoms with van der Waals surface area (Å²) in [5.74, 6) is 0.00458. The third-order valence-corrected chi connectivity index (χ3v) is 3.43. The minimum absolute atomic E-state index is 0.00458. The normalized spacial score (nSPS) is 14.4. The number of hydrogen-bond donors (Lipinski definition) is 0. The van der Waals surface area contributed by atoms with E-state index in [9.17, 15) is 4.79 Å². The lowest BCUT2D eigenvalue weighted by atomic mass is 9.80. The van der Waals surface area contributed by atoms with E-state index >= 15 is 0 Å². The predicted molar refractivity (Wildman–Crippen MR) is 73.0 cm³/mol. The number of unbranched alkanes of at least 4 members (excludes halogenated alkanes) is 4. The van der Waals surface area contributed by atoms with Gasteiger partial charge in [0.1, 0.15) is 0 Å². The van der Waals surface area contributed by atoms with Gasteiger partial charge in [0.05, 0.1) is 12.0 Å². The third-order valence-electron chi connectivity index (χ3n) is 3.43. The van der Waals surface area contributed by atoms with Crippen molar-refractivity contribution in [2.24, 2.45) is 5.41 Å². The molecule has 0 radical (unpaired) electrons. The summed E-state index contributed by atoms with van der Waals surface area (Å²) in [5, 5.41) is 0. The molecule has 0 saturated heterocycles. The van der Waals surface area contributed by atoms with Gasteiger partial charge in [-0.3, -0.25) is 4.79 Å². The molecule has 0 fully saturated rings. The molecule has 0 rings (SSSR count). The molecule has 2 heteroatoms. The quantitative estimate of drug-likeness (QED) is 0.409. The zero-order valence-electron chi connectivity index (χ0n) is 12.2. The van der Waals surface area contributed by atoms with Gasteiger partial charge in [-0.05, 0) is 26.7 Å². The number of carbonyl (C=O) groups is 1. The van der Waals surface area contributed by atoms with E-state index < -0.39 is 0 Å². The molecular formula is C15H30O2. The highest BCUT2D eigenvalue weighted by Gasteiger charge is 2.33. The van der Waals surface area contributed by atoms with Gasteiger partial charge >= 0.3 is 5.97 Å². The molecule has 1 atom stereocenters. The summed E-state index contributed by atoms with van der Waals surface area (Å²) in [5.41, 5.74) is -0.250. The van der Waals surface area contributed by atoms with Crippen molar-refractivity contribution in [2.45, 2.75) is 79.1 Å². The van der Waals surface area contributed by atoms with Crippen LogP contribution in [0, 0.1) is 5.41 Å². The van der Waals surface area contributed by atoms with E-state index in [0.717, 1.165) is 32.1 Å². The van der Waals surface area contributed by atoms with Crippen LogP contribution >= 0.6 is 0 Å². The molecule has 2 nitrogen and oxygen atoms in total. The molecule has 1 unspecified atom stereocenters. The summed E-state index contributed by atoms with van der Waals surface area (Å²) < 4.78 is 5.22. The molecule has 0 spiro atoms. The summed E-state index contributed by atoms with van der Waals surface area (Å²) in [6.07, 6.45) is 9.09. The van der Waals surface area contributed by atoms with Crippen molar-refractivity contribution >= 4 is 5.97 Å². The van der Waals surface area contributed by atoms with Crippen molar-refractivity contribution in [3.8, 4) is 0 Å². The van der Waals surface area contributed by atoms with Gasteiger partial charge in [0.15, 0.2) is 0 Å². The van der Waals surface area contributed by atoms with Gasteiger partial charge in [-0.2, -0.15) is 0 Å². The maximum absolute atomic E-state index is 12.0. The summed E-state index contributed by atoms with van der Waals surface area (Å²) in [4.78, 5) is 12.0. The van der Waals surface area contributed by atoms with E-state index in [1.807, 2.05) is 6.92 Å². The second kappa shape index (κ2) is 9.49. The fraction of sp³-hybridized carbons (Fsp3) is 0.933. The van der Waals surface area contributed by atoms with Crippen molar-refractivity contribution in [3.05, 3.63) is 0 Å². The molecule has 0 N–H and O–H groups in total. The smallest absolute Gasteiger partial charge is 0.311 e. The Morgan fingerprint density at radius 1 is 0.941 bits per heavy atom. The zero-order chi connectivity index (χ0) is 13.1. The minimum Gasteiger partial charge on any atom is -0.466 e. The van der Waals surface area contributed by atoms with Gasteiger partial charge in [-0.1, -0.05) is 52.4 Å². The van der Waals surface area contributed by atoms with Gasteiger partial charge in [-0.25, -0.2) is 0 Å². The lowest BCUT2D eigenvalue weighted by molar-refractivity contribution is -0.155. The molecule has 17 heavy (non-hydrogen) atoms. The van der Waals surface area contributed by atoms with Crippen LogP contribution in [0.3, 0.4) is 0 Å². The maximum atomic E-state index is 12.0. The summed E-state index contributed by atoms with van der Waals surface area (Å²) in [6.45, 7) is 8.83. The monoisotopic (exact) mass is 242 g/mol. The van der Waals surface area contributed by atoms with Gasteiger partial charge in [0, 0.05) is 0 Å². The van der Waals surface area contributed by atoms with E-state index in [0.29, 0.717) is 6.61 Å². The van der Waals surface area contributed by atoms with Crippen LogP contribution in [0.1, 0.15) is 79.1 Å². The van der Waals surface area contributed by atoms with Crippen LogP contribution in [-0.4, -0.2) is 12.6 Å². The Hall–Kier alpha value is -0.530. The minimum atomic E-state index is -0.250. The number of esters is 1. The van der Waals surface area contributed by atoms with Crippen molar-refractivity contribution < 1.29 is 9.53 Å². The van der Waals surface area contributed by atoms with Crippen LogP contribution in [0.2, 0.25) is 0 Å². The molecular weight excluding hydrogens is 212 g/mol. The Bertz CT molecular complexity index is 201. The fourth-order valence-electron chi connectivity index (χ4n) is 2.14. The average Bonchev–Trinajstić information content (AvgIpc) is 2.32. The fourth-order valence-corrected chi connectivity index (χ4v) is 2.14. The summed E-state index contributed by atoms with van der Waals surface area (Å²) in [6, 6.07) is 0. The Balaban J connectivity index is 4.22. The lowest BCUT2D eigenvalue weighted by Crippen LogP contribution is -2.30. The standard InChI is InChI=1S/C15H30O2/c1-5-8-10-11-13-15(4,12-9-6-2)14(16)17-7-3/h5-13H2,1-4H3. The van der Waals surface area contributed by atoms with Crippen molar-refractivity contribution in [1.82, 2.24) is 0 Å². The van der Waals surface area contributed by atoms with Crippen LogP contribution in [0.5, 0.6) is 0 Å². The molecule has 102 valence electrons. The predicted octanol–water partition coefficient (Wildman–Crippen LogP) is 4.72. The first-order valence-electron chi connectivity index (χ1n) is 7.28. The Kier molecular flexibility index (Phi) is 9.20. The maximum Gasteiger partial charge on any atom is 0.311 e. The van der Waals surface area contributed by atoms with E-state index in [2.05, 4.69) is 20.8 Å². The number of hydrogen-bond acceptors (Lipinski definition) is 2. The molecule has 0 aromatic heterocycles. The van der Waals surface area contributed by atoms with Gasteiger partial charge in [0.25, 0.3) is 0 Å². The highest BCUT2D eigenvalue weighted by molar-refractivity contribution is 5.76. The van der Waals surface area contributed by atoms with Crippen LogP contribution in [0.4, 0.5) is 0 Å². The van der Waals surface area contributed by atoms with Gasteiger partial charge in [-0.15, -0.1) is 0 Å². The van der Waals surface area contributed by atoms with Crippen LogP contribution < -0.4 is 0 Å². The molecule has 0 saturated carbocycles. The van der Waals surface area contributed by atoms with Crippen molar-refractivity contribution in [1.29, 1.82) is 0 Å². The van der Waals surface area contributed by atoms with Crippen LogP contribution in [0.25, 0.3) is 0 Å².